The standard InChI is InChI=1S/C16H21BrN2/c1-4-14-11-15(19(3)18-14)10-12(2)16(17)13-8-6-5-7-9-13/h5-9,11-12,16H,4,10H2,1-3H3. The summed E-state index contributed by atoms with van der Waals surface area (Å²) in [6.07, 6.45) is 2.03. The molecule has 0 spiro atoms. The molecular weight excluding hydrogens is 300 g/mol. The largest absolute Gasteiger partial charge is 0.272 e. The first-order valence-electron chi connectivity index (χ1n) is 6.82. The van der Waals surface area contributed by atoms with Gasteiger partial charge in [0.2, 0.25) is 0 Å². The third-order valence-corrected chi connectivity index (χ3v) is 4.97. The predicted octanol–water partition coefficient (Wildman–Crippen LogP) is 4.30. The van der Waals surface area contributed by atoms with E-state index in [9.17, 15) is 0 Å². The van der Waals surface area contributed by atoms with Gasteiger partial charge in [-0.25, -0.2) is 0 Å². The molecule has 0 N–H and O–H groups in total. The fourth-order valence-corrected chi connectivity index (χ4v) is 2.83. The summed E-state index contributed by atoms with van der Waals surface area (Å²) in [5.41, 5.74) is 3.83. The third-order valence-electron chi connectivity index (χ3n) is 3.54. The van der Waals surface area contributed by atoms with Crippen molar-refractivity contribution >= 4 is 15.9 Å². The molecule has 1 aromatic carbocycles. The number of benzene rings is 1. The van der Waals surface area contributed by atoms with Crippen LogP contribution in [-0.2, 0) is 19.9 Å². The van der Waals surface area contributed by atoms with Crippen molar-refractivity contribution < 1.29 is 0 Å². The summed E-state index contributed by atoms with van der Waals surface area (Å²) in [4.78, 5) is 0.383. The maximum absolute atomic E-state index is 4.52. The first-order chi connectivity index (χ1) is 9.11. The maximum atomic E-state index is 4.52. The van der Waals surface area contributed by atoms with E-state index in [1.165, 1.54) is 17.0 Å². The van der Waals surface area contributed by atoms with E-state index in [0.29, 0.717) is 10.7 Å². The molecule has 2 nitrogen and oxygen atoms in total. The van der Waals surface area contributed by atoms with E-state index in [4.69, 9.17) is 0 Å². The molecule has 2 aromatic rings. The van der Waals surface area contributed by atoms with Gasteiger partial charge in [0.05, 0.1) is 5.69 Å². The third kappa shape index (κ3) is 3.47. The minimum absolute atomic E-state index is 0.383. The van der Waals surface area contributed by atoms with Crippen LogP contribution < -0.4 is 0 Å². The molecule has 1 heterocycles. The van der Waals surface area contributed by atoms with Crippen LogP contribution in [0.4, 0.5) is 0 Å². The highest BCUT2D eigenvalue weighted by molar-refractivity contribution is 9.09. The monoisotopic (exact) mass is 320 g/mol. The van der Waals surface area contributed by atoms with Crippen molar-refractivity contribution in [2.75, 3.05) is 0 Å². The van der Waals surface area contributed by atoms with E-state index < -0.39 is 0 Å². The van der Waals surface area contributed by atoms with Crippen molar-refractivity contribution in [3.05, 3.63) is 53.3 Å². The van der Waals surface area contributed by atoms with E-state index in [2.05, 4.69) is 71.3 Å². The van der Waals surface area contributed by atoms with Gasteiger partial charge in [0.25, 0.3) is 0 Å². The Labute approximate surface area is 124 Å². The average Bonchev–Trinajstić information content (AvgIpc) is 2.79. The van der Waals surface area contributed by atoms with Crippen molar-refractivity contribution in [1.29, 1.82) is 0 Å². The number of aryl methyl sites for hydroxylation is 2. The molecule has 2 unspecified atom stereocenters. The molecule has 102 valence electrons. The SMILES string of the molecule is CCc1cc(CC(C)C(Br)c2ccccc2)n(C)n1. The van der Waals surface area contributed by atoms with Crippen molar-refractivity contribution in [1.82, 2.24) is 9.78 Å². The first-order valence-corrected chi connectivity index (χ1v) is 7.74. The number of alkyl halides is 1. The molecule has 0 saturated heterocycles. The van der Waals surface area contributed by atoms with Crippen molar-refractivity contribution in [2.45, 2.75) is 31.5 Å². The molecule has 2 rings (SSSR count). The lowest BCUT2D eigenvalue weighted by atomic mass is 9.96. The fourth-order valence-electron chi connectivity index (χ4n) is 2.33. The van der Waals surface area contributed by atoms with E-state index in [0.717, 1.165) is 12.8 Å². The Morgan fingerprint density at radius 1 is 1.26 bits per heavy atom. The van der Waals surface area contributed by atoms with Gasteiger partial charge in [0.15, 0.2) is 0 Å². The van der Waals surface area contributed by atoms with E-state index in [-0.39, 0.29) is 0 Å². The van der Waals surface area contributed by atoms with Gasteiger partial charge in [-0.2, -0.15) is 5.10 Å². The number of nitrogens with zero attached hydrogens (tertiary/aromatic N) is 2. The highest BCUT2D eigenvalue weighted by atomic mass is 79.9. The summed E-state index contributed by atoms with van der Waals surface area (Å²) in [5.74, 6) is 0.530. The molecule has 2 atom stereocenters. The molecule has 1 aromatic heterocycles. The molecule has 0 aliphatic rings. The summed E-state index contributed by atoms with van der Waals surface area (Å²) in [6.45, 7) is 4.43. The topological polar surface area (TPSA) is 17.8 Å². The first kappa shape index (κ1) is 14.3. The molecule has 0 saturated carbocycles. The molecule has 19 heavy (non-hydrogen) atoms. The van der Waals surface area contributed by atoms with Gasteiger partial charge in [-0.05, 0) is 30.4 Å². The molecule has 0 aliphatic heterocycles. The zero-order valence-corrected chi connectivity index (χ0v) is 13.4. The van der Waals surface area contributed by atoms with Crippen molar-refractivity contribution in [3.63, 3.8) is 0 Å². The Morgan fingerprint density at radius 3 is 2.53 bits per heavy atom. The van der Waals surface area contributed by atoms with Gasteiger partial charge >= 0.3 is 0 Å². The number of rotatable bonds is 5. The Hall–Kier alpha value is -1.09. The zero-order valence-electron chi connectivity index (χ0n) is 11.8. The molecule has 0 fully saturated rings. The van der Waals surface area contributed by atoms with Crippen molar-refractivity contribution in [2.24, 2.45) is 13.0 Å². The minimum Gasteiger partial charge on any atom is -0.272 e. The van der Waals surface area contributed by atoms with Crippen LogP contribution in [-0.4, -0.2) is 9.78 Å². The summed E-state index contributed by atoms with van der Waals surface area (Å²) in [6, 6.07) is 12.8. The lowest BCUT2D eigenvalue weighted by Crippen LogP contribution is -2.10. The number of hydrogen-bond acceptors (Lipinski definition) is 1. The Balaban J connectivity index is 2.08. The molecule has 0 radical (unpaired) electrons. The van der Waals surface area contributed by atoms with Gasteiger partial charge < -0.3 is 0 Å². The summed E-state index contributed by atoms with van der Waals surface area (Å²) in [7, 11) is 2.03. The Kier molecular flexibility index (Phi) is 4.81. The number of aromatic nitrogens is 2. The second-order valence-corrected chi connectivity index (χ2v) is 6.08. The second kappa shape index (κ2) is 6.38. The van der Waals surface area contributed by atoms with Crippen LogP contribution in [0, 0.1) is 5.92 Å². The van der Waals surface area contributed by atoms with Crippen LogP contribution in [0.25, 0.3) is 0 Å². The molecule has 0 aliphatic carbocycles. The fraction of sp³-hybridized carbons (Fsp3) is 0.438. The smallest absolute Gasteiger partial charge is 0.0624 e. The quantitative estimate of drug-likeness (QED) is 0.751. The molecule has 3 heteroatoms. The highest BCUT2D eigenvalue weighted by Gasteiger charge is 2.18. The van der Waals surface area contributed by atoms with Crippen LogP contribution in [0.2, 0.25) is 0 Å². The summed E-state index contributed by atoms with van der Waals surface area (Å²) < 4.78 is 2.01. The number of hydrogen-bond donors (Lipinski definition) is 0. The van der Waals surface area contributed by atoms with Gasteiger partial charge in [0, 0.05) is 17.6 Å². The molecule has 0 bridgehead atoms. The average molecular weight is 321 g/mol. The van der Waals surface area contributed by atoms with Gasteiger partial charge in [-0.3, -0.25) is 4.68 Å². The van der Waals surface area contributed by atoms with Crippen LogP contribution in [0.15, 0.2) is 36.4 Å². The van der Waals surface area contributed by atoms with Gasteiger partial charge in [0.1, 0.15) is 0 Å². The van der Waals surface area contributed by atoms with E-state index in [1.54, 1.807) is 0 Å². The van der Waals surface area contributed by atoms with Gasteiger partial charge in [-0.15, -0.1) is 0 Å². The molecule has 0 amide bonds. The lowest BCUT2D eigenvalue weighted by molar-refractivity contribution is 0.542. The van der Waals surface area contributed by atoms with E-state index >= 15 is 0 Å². The van der Waals surface area contributed by atoms with Crippen LogP contribution in [0.1, 0.15) is 35.6 Å². The zero-order chi connectivity index (χ0) is 13.8. The van der Waals surface area contributed by atoms with Gasteiger partial charge in [-0.1, -0.05) is 60.1 Å². The molecular formula is C16H21BrN2. The van der Waals surface area contributed by atoms with Crippen LogP contribution >= 0.6 is 15.9 Å². The predicted molar refractivity (Wildman–Crippen MR) is 83.6 cm³/mol. The summed E-state index contributed by atoms with van der Waals surface area (Å²) >= 11 is 3.83. The van der Waals surface area contributed by atoms with E-state index in [1.807, 2.05) is 11.7 Å². The number of halogens is 1. The maximum Gasteiger partial charge on any atom is 0.0624 e. The lowest BCUT2D eigenvalue weighted by Gasteiger charge is -2.18. The summed E-state index contributed by atoms with van der Waals surface area (Å²) in [5, 5.41) is 4.52. The van der Waals surface area contributed by atoms with Crippen LogP contribution in [0.3, 0.4) is 0 Å². The Morgan fingerprint density at radius 2 is 1.95 bits per heavy atom. The normalized spacial score (nSPS) is 14.3. The highest BCUT2D eigenvalue weighted by Crippen LogP contribution is 2.32. The minimum atomic E-state index is 0.383. The van der Waals surface area contributed by atoms with Crippen molar-refractivity contribution in [3.8, 4) is 0 Å². The van der Waals surface area contributed by atoms with Crippen LogP contribution in [0.5, 0.6) is 0 Å². The second-order valence-electron chi connectivity index (χ2n) is 5.10. The Bertz CT molecular complexity index is 519.